The van der Waals surface area contributed by atoms with Crippen LogP contribution < -0.4 is 4.74 Å². The van der Waals surface area contributed by atoms with Gasteiger partial charge < -0.3 is 14.2 Å². The highest BCUT2D eigenvalue weighted by Crippen LogP contribution is 2.34. The molecule has 0 saturated heterocycles. The Labute approximate surface area is 151 Å². The molecule has 0 atom stereocenters. The highest BCUT2D eigenvalue weighted by Gasteiger charge is 2.22. The Morgan fingerprint density at radius 2 is 1.88 bits per heavy atom. The normalized spacial score (nSPS) is 20.0. The molecule has 25 heavy (non-hydrogen) atoms. The van der Waals surface area contributed by atoms with Crippen LogP contribution in [0.25, 0.3) is 0 Å². The van der Waals surface area contributed by atoms with E-state index in [0.717, 1.165) is 25.5 Å². The molecule has 0 radical (unpaired) electrons. The van der Waals surface area contributed by atoms with Crippen LogP contribution in [-0.2, 0) is 14.3 Å². The van der Waals surface area contributed by atoms with Gasteiger partial charge in [-0.1, -0.05) is 38.5 Å². The smallest absolute Gasteiger partial charge is 0.333 e. The van der Waals surface area contributed by atoms with Gasteiger partial charge in [0.1, 0.15) is 5.75 Å². The second kappa shape index (κ2) is 10.9. The van der Waals surface area contributed by atoms with Gasteiger partial charge in [0.25, 0.3) is 0 Å². The molecule has 138 valence electrons. The minimum atomic E-state index is -0.481. The molecule has 0 aliphatic heterocycles. The quantitative estimate of drug-likeness (QED) is 0.259. The van der Waals surface area contributed by atoms with Gasteiger partial charge in [-0.25, -0.2) is 4.79 Å². The highest BCUT2D eigenvalue weighted by molar-refractivity contribution is 5.81. The molecule has 0 N–H and O–H groups in total. The number of carbonyl (C=O) groups excluding carboxylic acids is 1. The van der Waals surface area contributed by atoms with Gasteiger partial charge in [-0.15, -0.1) is 0 Å². The van der Waals surface area contributed by atoms with Crippen LogP contribution in [-0.4, -0.2) is 25.5 Å². The first-order valence-corrected chi connectivity index (χ1v) is 9.36. The number of carbonyl (C=O) groups is 1. The molecular formula is C21H30O4. The van der Waals surface area contributed by atoms with Crippen LogP contribution in [0, 0.1) is 0 Å². The summed E-state index contributed by atoms with van der Waals surface area (Å²) in [7, 11) is 0. The molecule has 1 aromatic carbocycles. The van der Waals surface area contributed by atoms with Crippen LogP contribution in [0.15, 0.2) is 36.9 Å². The van der Waals surface area contributed by atoms with E-state index in [1.165, 1.54) is 37.7 Å². The molecular weight excluding hydrogens is 316 g/mol. The molecule has 1 saturated carbocycles. The monoisotopic (exact) mass is 346 g/mol. The summed E-state index contributed by atoms with van der Waals surface area (Å²) in [6.07, 6.45) is 9.89. The first-order valence-electron chi connectivity index (χ1n) is 9.36. The molecule has 0 aromatic heterocycles. The molecule has 0 amide bonds. The third-order valence-electron chi connectivity index (χ3n) is 4.72. The fourth-order valence-electron chi connectivity index (χ4n) is 3.22. The number of rotatable bonds is 10. The minimum Gasteiger partial charge on any atom is -0.457 e. The Bertz CT molecular complexity index is 515. The van der Waals surface area contributed by atoms with Gasteiger partial charge in [0.15, 0.2) is 0 Å². The first-order chi connectivity index (χ1) is 12.2. The second-order valence-corrected chi connectivity index (χ2v) is 6.55. The van der Waals surface area contributed by atoms with Crippen molar-refractivity contribution in [1.29, 1.82) is 0 Å². The van der Waals surface area contributed by atoms with Crippen molar-refractivity contribution in [3.8, 4) is 5.75 Å². The maximum atomic E-state index is 11.0. The Morgan fingerprint density at radius 3 is 2.52 bits per heavy atom. The van der Waals surface area contributed by atoms with E-state index in [0.29, 0.717) is 17.8 Å². The molecule has 4 nitrogen and oxygen atoms in total. The minimum absolute atomic E-state index is 0.0926. The van der Waals surface area contributed by atoms with E-state index in [2.05, 4.69) is 25.6 Å². The van der Waals surface area contributed by atoms with Gasteiger partial charge in [-0.05, 0) is 55.7 Å². The average Bonchev–Trinajstić information content (AvgIpc) is 2.66. The van der Waals surface area contributed by atoms with Crippen LogP contribution >= 0.6 is 0 Å². The molecule has 1 aliphatic rings. The van der Waals surface area contributed by atoms with Crippen LogP contribution in [0.2, 0.25) is 0 Å². The third kappa shape index (κ3) is 6.91. The predicted molar refractivity (Wildman–Crippen MR) is 98.7 cm³/mol. The van der Waals surface area contributed by atoms with E-state index in [-0.39, 0.29) is 6.79 Å². The Hall–Kier alpha value is -1.81. The van der Waals surface area contributed by atoms with Crippen molar-refractivity contribution >= 4 is 5.97 Å². The van der Waals surface area contributed by atoms with E-state index >= 15 is 0 Å². The van der Waals surface area contributed by atoms with Crippen LogP contribution in [0.4, 0.5) is 0 Å². The highest BCUT2D eigenvalue weighted by atomic mass is 16.7. The fraction of sp³-hybridized carbons (Fsp3) is 0.571. The van der Waals surface area contributed by atoms with Crippen molar-refractivity contribution in [2.45, 2.75) is 63.9 Å². The molecule has 0 bridgehead atoms. The molecule has 1 aliphatic carbocycles. The van der Waals surface area contributed by atoms with E-state index in [9.17, 15) is 4.79 Å². The fourth-order valence-corrected chi connectivity index (χ4v) is 3.22. The van der Waals surface area contributed by atoms with Crippen LogP contribution in [0.1, 0.15) is 63.4 Å². The lowest BCUT2D eigenvalue weighted by atomic mass is 9.83. The topological polar surface area (TPSA) is 44.8 Å². The summed E-state index contributed by atoms with van der Waals surface area (Å²) in [6.45, 7) is 6.37. The van der Waals surface area contributed by atoms with Gasteiger partial charge in [0.05, 0.1) is 6.10 Å². The summed E-state index contributed by atoms with van der Waals surface area (Å²) in [5.74, 6) is 0.821. The summed E-state index contributed by atoms with van der Waals surface area (Å²) in [4.78, 5) is 11.0. The van der Waals surface area contributed by atoms with Gasteiger partial charge in [0.2, 0.25) is 6.79 Å². The second-order valence-electron chi connectivity index (χ2n) is 6.55. The number of benzene rings is 1. The van der Waals surface area contributed by atoms with Crippen molar-refractivity contribution in [2.24, 2.45) is 0 Å². The van der Waals surface area contributed by atoms with Gasteiger partial charge >= 0.3 is 5.97 Å². The Balaban J connectivity index is 1.70. The van der Waals surface area contributed by atoms with Crippen molar-refractivity contribution in [1.82, 2.24) is 0 Å². The molecule has 0 heterocycles. The maximum Gasteiger partial charge on any atom is 0.333 e. The van der Waals surface area contributed by atoms with Gasteiger partial charge in [0, 0.05) is 12.7 Å². The van der Waals surface area contributed by atoms with E-state index in [1.54, 1.807) is 0 Å². The zero-order valence-corrected chi connectivity index (χ0v) is 15.2. The summed E-state index contributed by atoms with van der Waals surface area (Å²) in [6, 6.07) is 8.09. The third-order valence-corrected chi connectivity index (χ3v) is 4.72. The maximum absolute atomic E-state index is 11.0. The van der Waals surface area contributed by atoms with Crippen molar-refractivity contribution in [3.63, 3.8) is 0 Å². The predicted octanol–water partition coefficient (Wildman–Crippen LogP) is 4.99. The summed E-state index contributed by atoms with van der Waals surface area (Å²) < 4.78 is 16.2. The Morgan fingerprint density at radius 1 is 1.16 bits per heavy atom. The molecule has 0 spiro atoms. The molecule has 4 heteroatoms. The number of hydrogen-bond donors (Lipinski definition) is 0. The van der Waals surface area contributed by atoms with E-state index in [1.807, 2.05) is 12.1 Å². The summed E-state index contributed by atoms with van der Waals surface area (Å²) in [5, 5.41) is 0. The number of ether oxygens (including phenoxy) is 3. The summed E-state index contributed by atoms with van der Waals surface area (Å²) in [5.41, 5.74) is 1.35. The zero-order valence-electron chi connectivity index (χ0n) is 15.2. The standard InChI is InChI=1S/C21H30O4/c1-3-5-6-15-23-19-11-7-17(8-12-19)18-9-13-20(14-10-18)24-16-25-21(22)4-2/h4,9-10,13-14,17,19H,2-3,5-8,11-12,15-16H2,1H3. The van der Waals surface area contributed by atoms with Crippen molar-refractivity contribution in [2.75, 3.05) is 13.4 Å². The zero-order chi connectivity index (χ0) is 17.9. The molecule has 2 rings (SSSR count). The van der Waals surface area contributed by atoms with E-state index < -0.39 is 5.97 Å². The Kier molecular flexibility index (Phi) is 8.53. The number of unbranched alkanes of at least 4 members (excludes halogenated alkanes) is 2. The molecule has 1 aromatic rings. The lowest BCUT2D eigenvalue weighted by molar-refractivity contribution is -0.144. The average molecular weight is 346 g/mol. The van der Waals surface area contributed by atoms with Gasteiger partial charge in [-0.3, -0.25) is 0 Å². The number of hydrogen-bond acceptors (Lipinski definition) is 4. The molecule has 0 unspecified atom stereocenters. The molecule has 1 fully saturated rings. The van der Waals surface area contributed by atoms with Gasteiger partial charge in [-0.2, -0.15) is 0 Å². The first kappa shape index (κ1) is 19.5. The van der Waals surface area contributed by atoms with Crippen LogP contribution in [0.3, 0.4) is 0 Å². The lowest BCUT2D eigenvalue weighted by Crippen LogP contribution is -2.21. The van der Waals surface area contributed by atoms with E-state index in [4.69, 9.17) is 14.2 Å². The number of esters is 1. The van der Waals surface area contributed by atoms with Crippen molar-refractivity contribution in [3.05, 3.63) is 42.5 Å². The largest absolute Gasteiger partial charge is 0.457 e. The lowest BCUT2D eigenvalue weighted by Gasteiger charge is -2.29. The van der Waals surface area contributed by atoms with Crippen LogP contribution in [0.5, 0.6) is 5.75 Å². The van der Waals surface area contributed by atoms with Crippen molar-refractivity contribution < 1.29 is 19.0 Å². The SMILES string of the molecule is C=CC(=O)OCOc1ccc(C2CCC(OCCCCC)CC2)cc1. The summed E-state index contributed by atoms with van der Waals surface area (Å²) >= 11 is 0.